The van der Waals surface area contributed by atoms with E-state index in [4.69, 9.17) is 9.47 Å². The topological polar surface area (TPSA) is 18.5 Å². The van der Waals surface area contributed by atoms with Crippen molar-refractivity contribution < 1.29 is 9.47 Å². The van der Waals surface area contributed by atoms with Crippen LogP contribution >= 0.6 is 0 Å². The fraction of sp³-hybridized carbons (Fsp3) is 0.300. The van der Waals surface area contributed by atoms with E-state index in [0.29, 0.717) is 6.61 Å². The summed E-state index contributed by atoms with van der Waals surface area (Å²) >= 11 is 0. The smallest absolute Gasteiger partial charge is 0.189 e. The number of hydrogen-bond acceptors (Lipinski definition) is 2. The van der Waals surface area contributed by atoms with E-state index >= 15 is 0 Å². The highest BCUT2D eigenvalue weighted by Crippen LogP contribution is 2.10. The van der Waals surface area contributed by atoms with Crippen molar-refractivity contribution in [3.8, 4) is 5.75 Å². The van der Waals surface area contributed by atoms with Crippen molar-refractivity contribution in [3.05, 3.63) is 36.8 Å². The van der Waals surface area contributed by atoms with Gasteiger partial charge in [0.1, 0.15) is 5.75 Å². The Hall–Kier alpha value is -1.02. The molecule has 2 heteroatoms. The molecule has 1 aromatic rings. The quantitative estimate of drug-likeness (QED) is 0.503. The van der Waals surface area contributed by atoms with Gasteiger partial charge in [0.05, 0.1) is 6.61 Å². The van der Waals surface area contributed by atoms with Crippen LogP contribution in [0.4, 0.5) is 0 Å². The molecule has 0 heterocycles. The van der Waals surface area contributed by atoms with E-state index in [9.17, 15) is 0 Å². The SMILES string of the molecule is [CH2]COCOc1ccc(C)cc1. The van der Waals surface area contributed by atoms with E-state index in [1.54, 1.807) is 0 Å². The Labute approximate surface area is 73.1 Å². The fourth-order valence-electron chi connectivity index (χ4n) is 0.803. The van der Waals surface area contributed by atoms with Crippen LogP contribution in [0.1, 0.15) is 5.56 Å². The zero-order chi connectivity index (χ0) is 8.81. The van der Waals surface area contributed by atoms with Gasteiger partial charge in [-0.15, -0.1) is 0 Å². The Balaban J connectivity index is 2.37. The number of aryl methyl sites for hydroxylation is 1. The molecule has 0 bridgehead atoms. The molecule has 0 atom stereocenters. The summed E-state index contributed by atoms with van der Waals surface area (Å²) in [7, 11) is 0. The van der Waals surface area contributed by atoms with E-state index < -0.39 is 0 Å². The van der Waals surface area contributed by atoms with Gasteiger partial charge in [0.15, 0.2) is 6.79 Å². The van der Waals surface area contributed by atoms with E-state index in [1.165, 1.54) is 5.56 Å². The standard InChI is InChI=1S/C10H13O2/c1-3-11-8-12-10-6-4-9(2)5-7-10/h4-7H,1,3,8H2,2H3. The normalized spacial score (nSPS) is 9.83. The Kier molecular flexibility index (Phi) is 3.61. The maximum Gasteiger partial charge on any atom is 0.189 e. The highest BCUT2D eigenvalue weighted by Gasteiger charge is 1.90. The first-order chi connectivity index (χ1) is 5.83. The summed E-state index contributed by atoms with van der Waals surface area (Å²) in [6.45, 7) is 6.27. The van der Waals surface area contributed by atoms with E-state index in [-0.39, 0.29) is 6.79 Å². The molecule has 1 aromatic carbocycles. The van der Waals surface area contributed by atoms with Gasteiger partial charge >= 0.3 is 0 Å². The van der Waals surface area contributed by atoms with E-state index in [1.807, 2.05) is 31.2 Å². The lowest BCUT2D eigenvalue weighted by Gasteiger charge is -2.05. The average Bonchev–Trinajstić information content (AvgIpc) is 2.09. The first-order valence-corrected chi connectivity index (χ1v) is 3.89. The lowest BCUT2D eigenvalue weighted by Crippen LogP contribution is -2.01. The molecule has 12 heavy (non-hydrogen) atoms. The second-order valence-electron chi connectivity index (χ2n) is 2.48. The minimum Gasteiger partial charge on any atom is -0.468 e. The van der Waals surface area contributed by atoms with Crippen molar-refractivity contribution in [2.45, 2.75) is 6.92 Å². The molecule has 1 radical (unpaired) electrons. The maximum atomic E-state index is 5.24. The molecule has 0 aliphatic heterocycles. The van der Waals surface area contributed by atoms with Crippen molar-refractivity contribution >= 4 is 0 Å². The Morgan fingerprint density at radius 1 is 1.25 bits per heavy atom. The van der Waals surface area contributed by atoms with Gasteiger partial charge in [0.25, 0.3) is 0 Å². The van der Waals surface area contributed by atoms with Crippen LogP contribution in [0.2, 0.25) is 0 Å². The zero-order valence-electron chi connectivity index (χ0n) is 7.25. The minimum atomic E-state index is 0.270. The van der Waals surface area contributed by atoms with Gasteiger partial charge in [-0.3, -0.25) is 0 Å². The molecule has 2 nitrogen and oxygen atoms in total. The second kappa shape index (κ2) is 4.78. The number of ether oxygens (including phenoxy) is 2. The predicted molar refractivity (Wildman–Crippen MR) is 48.0 cm³/mol. The Morgan fingerprint density at radius 2 is 1.92 bits per heavy atom. The molecule has 0 aliphatic rings. The fourth-order valence-corrected chi connectivity index (χ4v) is 0.803. The van der Waals surface area contributed by atoms with Crippen molar-refractivity contribution in [2.24, 2.45) is 0 Å². The Bertz CT molecular complexity index is 216. The van der Waals surface area contributed by atoms with E-state index in [2.05, 4.69) is 6.92 Å². The first kappa shape index (κ1) is 9.07. The molecule has 0 amide bonds. The van der Waals surface area contributed by atoms with Crippen LogP contribution in [0.5, 0.6) is 5.75 Å². The monoisotopic (exact) mass is 165 g/mol. The van der Waals surface area contributed by atoms with Crippen molar-refractivity contribution in [1.29, 1.82) is 0 Å². The molecule has 0 unspecified atom stereocenters. The van der Waals surface area contributed by atoms with Gasteiger partial charge in [-0.1, -0.05) is 17.7 Å². The number of hydrogen-bond donors (Lipinski definition) is 0. The number of benzene rings is 1. The summed E-state index contributed by atoms with van der Waals surface area (Å²) < 4.78 is 10.2. The molecule has 0 saturated heterocycles. The van der Waals surface area contributed by atoms with Crippen molar-refractivity contribution in [1.82, 2.24) is 0 Å². The van der Waals surface area contributed by atoms with Gasteiger partial charge in [-0.2, -0.15) is 0 Å². The van der Waals surface area contributed by atoms with Crippen LogP contribution in [0.25, 0.3) is 0 Å². The van der Waals surface area contributed by atoms with Crippen LogP contribution in [-0.2, 0) is 4.74 Å². The van der Waals surface area contributed by atoms with Crippen molar-refractivity contribution in [2.75, 3.05) is 13.4 Å². The summed E-state index contributed by atoms with van der Waals surface area (Å²) in [5.74, 6) is 0.828. The summed E-state index contributed by atoms with van der Waals surface area (Å²) in [6.07, 6.45) is 0. The highest BCUT2D eigenvalue weighted by molar-refractivity contribution is 5.26. The highest BCUT2D eigenvalue weighted by atomic mass is 16.7. The minimum absolute atomic E-state index is 0.270. The molecular weight excluding hydrogens is 152 g/mol. The lowest BCUT2D eigenvalue weighted by molar-refractivity contribution is 0.0298. The van der Waals surface area contributed by atoms with Gasteiger partial charge in [0.2, 0.25) is 0 Å². The van der Waals surface area contributed by atoms with Gasteiger partial charge in [-0.25, -0.2) is 0 Å². The second-order valence-corrected chi connectivity index (χ2v) is 2.48. The third-order valence-electron chi connectivity index (χ3n) is 1.47. The third-order valence-corrected chi connectivity index (χ3v) is 1.47. The van der Waals surface area contributed by atoms with Crippen LogP contribution in [0, 0.1) is 13.8 Å². The van der Waals surface area contributed by atoms with Crippen LogP contribution in [0.3, 0.4) is 0 Å². The average molecular weight is 165 g/mol. The van der Waals surface area contributed by atoms with E-state index in [0.717, 1.165) is 5.75 Å². The predicted octanol–water partition coefficient (Wildman–Crippen LogP) is 2.18. The molecule has 0 fully saturated rings. The zero-order valence-corrected chi connectivity index (χ0v) is 7.25. The molecular formula is C10H13O2. The largest absolute Gasteiger partial charge is 0.468 e. The first-order valence-electron chi connectivity index (χ1n) is 3.89. The molecule has 0 N–H and O–H groups in total. The van der Waals surface area contributed by atoms with Crippen LogP contribution in [0.15, 0.2) is 24.3 Å². The molecule has 0 aliphatic carbocycles. The molecule has 0 aromatic heterocycles. The lowest BCUT2D eigenvalue weighted by atomic mass is 10.2. The molecule has 65 valence electrons. The molecule has 0 spiro atoms. The van der Waals surface area contributed by atoms with Crippen molar-refractivity contribution in [3.63, 3.8) is 0 Å². The third kappa shape index (κ3) is 2.93. The van der Waals surface area contributed by atoms with Crippen LogP contribution < -0.4 is 4.74 Å². The summed E-state index contributed by atoms with van der Waals surface area (Å²) in [5.41, 5.74) is 1.22. The summed E-state index contributed by atoms with van der Waals surface area (Å²) in [6, 6.07) is 7.84. The van der Waals surface area contributed by atoms with Crippen LogP contribution in [-0.4, -0.2) is 13.4 Å². The Morgan fingerprint density at radius 3 is 2.50 bits per heavy atom. The number of rotatable bonds is 4. The van der Waals surface area contributed by atoms with Gasteiger partial charge in [-0.05, 0) is 26.0 Å². The van der Waals surface area contributed by atoms with Gasteiger partial charge in [0, 0.05) is 0 Å². The molecule has 1 rings (SSSR count). The molecule has 0 saturated carbocycles. The summed E-state index contributed by atoms with van der Waals surface area (Å²) in [5, 5.41) is 0. The maximum absolute atomic E-state index is 5.24. The summed E-state index contributed by atoms with van der Waals surface area (Å²) in [4.78, 5) is 0. The van der Waals surface area contributed by atoms with Gasteiger partial charge < -0.3 is 9.47 Å².